The van der Waals surface area contributed by atoms with Crippen molar-refractivity contribution in [3.05, 3.63) is 58.7 Å². The van der Waals surface area contributed by atoms with Gasteiger partial charge < -0.3 is 14.6 Å². The summed E-state index contributed by atoms with van der Waals surface area (Å²) in [7, 11) is 3.31. The number of fused-ring (bicyclic) bond motifs is 1. The van der Waals surface area contributed by atoms with Crippen molar-refractivity contribution in [2.45, 2.75) is 32.1 Å². The molecule has 0 amide bonds. The first kappa shape index (κ1) is 16.4. The molecule has 2 atom stereocenters. The highest BCUT2D eigenvalue weighted by atomic mass is 16.5. The number of hydrogen-bond donors (Lipinski definition) is 1. The molecule has 0 bridgehead atoms. The average molecular weight is 324 g/mol. The highest BCUT2D eigenvalue weighted by Crippen LogP contribution is 2.48. The van der Waals surface area contributed by atoms with Crippen LogP contribution in [0.15, 0.2) is 36.4 Å². The van der Waals surface area contributed by atoms with Crippen LogP contribution < -0.4 is 9.47 Å². The molecule has 0 unspecified atom stereocenters. The van der Waals surface area contributed by atoms with Crippen LogP contribution in [-0.4, -0.2) is 19.3 Å². The van der Waals surface area contributed by atoms with Crippen LogP contribution in [0.4, 0.5) is 0 Å². The van der Waals surface area contributed by atoms with Crippen molar-refractivity contribution in [3.63, 3.8) is 0 Å². The van der Waals surface area contributed by atoms with E-state index in [0.29, 0.717) is 17.6 Å². The zero-order chi connectivity index (χ0) is 17.3. The fraction of sp³-hybridized carbons (Fsp3) is 0.333. The van der Waals surface area contributed by atoms with Gasteiger partial charge in [-0.25, -0.2) is 0 Å². The van der Waals surface area contributed by atoms with E-state index in [2.05, 4.69) is 25.1 Å². The SMILES string of the molecule is C/C=C/c1cc(OC)c2c(c1)[C@@H](C)[C@H](c1ccc(O)c(OC)c1)C2. The highest BCUT2D eigenvalue weighted by molar-refractivity contribution is 5.60. The molecule has 0 aliphatic heterocycles. The number of phenolic OH excluding ortho intramolecular Hbond substituents is 1. The van der Waals surface area contributed by atoms with E-state index in [1.54, 1.807) is 20.3 Å². The van der Waals surface area contributed by atoms with Gasteiger partial charge in [0.05, 0.1) is 14.2 Å². The summed E-state index contributed by atoms with van der Waals surface area (Å²) in [4.78, 5) is 0. The van der Waals surface area contributed by atoms with Gasteiger partial charge in [0, 0.05) is 0 Å². The van der Waals surface area contributed by atoms with Crippen molar-refractivity contribution in [2.75, 3.05) is 14.2 Å². The second-order valence-electron chi connectivity index (χ2n) is 6.32. The average Bonchev–Trinajstić information content (AvgIpc) is 2.92. The third-order valence-corrected chi connectivity index (χ3v) is 4.99. The number of hydrogen-bond acceptors (Lipinski definition) is 3. The molecule has 0 heterocycles. The summed E-state index contributed by atoms with van der Waals surface area (Å²) >= 11 is 0. The fourth-order valence-electron chi connectivity index (χ4n) is 3.73. The number of methoxy groups -OCH3 is 2. The van der Waals surface area contributed by atoms with E-state index < -0.39 is 0 Å². The third kappa shape index (κ3) is 2.75. The first-order valence-electron chi connectivity index (χ1n) is 8.29. The van der Waals surface area contributed by atoms with E-state index in [9.17, 15) is 5.11 Å². The van der Waals surface area contributed by atoms with Crippen LogP contribution in [0.1, 0.15) is 47.9 Å². The lowest BCUT2D eigenvalue weighted by Crippen LogP contribution is -2.03. The van der Waals surface area contributed by atoms with E-state index in [4.69, 9.17) is 9.47 Å². The molecule has 0 radical (unpaired) electrons. The number of aromatic hydroxyl groups is 1. The maximum atomic E-state index is 9.84. The van der Waals surface area contributed by atoms with Crippen LogP contribution >= 0.6 is 0 Å². The number of ether oxygens (including phenoxy) is 2. The van der Waals surface area contributed by atoms with E-state index in [-0.39, 0.29) is 5.75 Å². The number of phenols is 1. The molecule has 2 aromatic carbocycles. The van der Waals surface area contributed by atoms with Crippen LogP contribution in [-0.2, 0) is 6.42 Å². The molecule has 0 aromatic heterocycles. The summed E-state index contributed by atoms with van der Waals surface area (Å²) < 4.78 is 10.9. The monoisotopic (exact) mass is 324 g/mol. The maximum Gasteiger partial charge on any atom is 0.160 e. The van der Waals surface area contributed by atoms with E-state index in [0.717, 1.165) is 12.2 Å². The van der Waals surface area contributed by atoms with Gasteiger partial charge in [0.15, 0.2) is 11.5 Å². The summed E-state index contributed by atoms with van der Waals surface area (Å²) in [5.41, 5.74) is 4.99. The molecule has 3 nitrogen and oxygen atoms in total. The Labute approximate surface area is 143 Å². The molecule has 0 saturated carbocycles. The highest BCUT2D eigenvalue weighted by Gasteiger charge is 2.33. The summed E-state index contributed by atoms with van der Waals surface area (Å²) in [5, 5.41) is 9.84. The van der Waals surface area contributed by atoms with E-state index >= 15 is 0 Å². The Balaban J connectivity index is 2.03. The molecule has 1 N–H and O–H groups in total. The van der Waals surface area contributed by atoms with Gasteiger partial charge in [0.25, 0.3) is 0 Å². The van der Waals surface area contributed by atoms with Crippen LogP contribution in [0.3, 0.4) is 0 Å². The molecule has 3 rings (SSSR count). The molecule has 3 heteroatoms. The molecule has 1 aliphatic carbocycles. The molecule has 126 valence electrons. The van der Waals surface area contributed by atoms with Crippen molar-refractivity contribution in [3.8, 4) is 17.2 Å². The van der Waals surface area contributed by atoms with Gasteiger partial charge in [0.1, 0.15) is 5.75 Å². The maximum absolute atomic E-state index is 9.84. The molecule has 24 heavy (non-hydrogen) atoms. The Morgan fingerprint density at radius 3 is 2.50 bits per heavy atom. The van der Waals surface area contributed by atoms with Crippen molar-refractivity contribution >= 4 is 6.08 Å². The lowest BCUT2D eigenvalue weighted by molar-refractivity contribution is 0.372. The zero-order valence-corrected chi connectivity index (χ0v) is 14.7. The van der Waals surface area contributed by atoms with Gasteiger partial charge in [-0.3, -0.25) is 0 Å². The molecule has 0 spiro atoms. The van der Waals surface area contributed by atoms with Crippen molar-refractivity contribution in [1.82, 2.24) is 0 Å². The predicted octanol–water partition coefficient (Wildman–Crippen LogP) is 4.89. The van der Waals surface area contributed by atoms with Crippen LogP contribution in [0.2, 0.25) is 0 Å². The number of benzene rings is 2. The Hall–Kier alpha value is -2.42. The van der Waals surface area contributed by atoms with Crippen LogP contribution in [0.5, 0.6) is 17.2 Å². The van der Waals surface area contributed by atoms with Gasteiger partial charge in [-0.2, -0.15) is 0 Å². The summed E-state index contributed by atoms with van der Waals surface area (Å²) in [5.74, 6) is 2.40. The first-order valence-corrected chi connectivity index (χ1v) is 8.29. The molecule has 0 saturated heterocycles. The fourth-order valence-corrected chi connectivity index (χ4v) is 3.73. The minimum atomic E-state index is 0.178. The summed E-state index contributed by atoms with van der Waals surface area (Å²) in [6.07, 6.45) is 5.08. The first-order chi connectivity index (χ1) is 11.6. The second-order valence-corrected chi connectivity index (χ2v) is 6.32. The number of allylic oxidation sites excluding steroid dienone is 1. The van der Waals surface area contributed by atoms with Crippen molar-refractivity contribution in [1.29, 1.82) is 0 Å². The number of rotatable bonds is 4. The molecular formula is C21H24O3. The largest absolute Gasteiger partial charge is 0.504 e. The predicted molar refractivity (Wildman–Crippen MR) is 97.2 cm³/mol. The molecule has 0 fully saturated rings. The Bertz CT molecular complexity index is 777. The van der Waals surface area contributed by atoms with Gasteiger partial charge >= 0.3 is 0 Å². The van der Waals surface area contributed by atoms with Crippen molar-refractivity contribution in [2.24, 2.45) is 0 Å². The lowest BCUT2D eigenvalue weighted by atomic mass is 9.87. The molecule has 2 aromatic rings. The normalized spacial score (nSPS) is 19.5. The standard InChI is InChI=1S/C21H24O3/c1-5-6-14-9-17-13(2)16(12-18(17)20(10-14)23-3)15-7-8-19(22)21(11-15)24-4/h5-11,13,16,22H,12H2,1-4H3/b6-5+/t13-,16+/m0/s1. The second kappa shape index (κ2) is 6.60. The van der Waals surface area contributed by atoms with E-state index in [1.807, 2.05) is 25.1 Å². The summed E-state index contributed by atoms with van der Waals surface area (Å²) in [6, 6.07) is 10.0. The zero-order valence-electron chi connectivity index (χ0n) is 14.7. The molecule has 1 aliphatic rings. The van der Waals surface area contributed by atoms with Gasteiger partial charge in [-0.05, 0) is 65.6 Å². The Morgan fingerprint density at radius 2 is 1.83 bits per heavy atom. The minimum absolute atomic E-state index is 0.178. The minimum Gasteiger partial charge on any atom is -0.504 e. The van der Waals surface area contributed by atoms with E-state index in [1.165, 1.54) is 22.3 Å². The molecular weight excluding hydrogens is 300 g/mol. The van der Waals surface area contributed by atoms with Crippen molar-refractivity contribution < 1.29 is 14.6 Å². The smallest absolute Gasteiger partial charge is 0.160 e. The Kier molecular flexibility index (Phi) is 4.52. The van der Waals surface area contributed by atoms with Crippen LogP contribution in [0.25, 0.3) is 6.08 Å². The topological polar surface area (TPSA) is 38.7 Å². The van der Waals surface area contributed by atoms with Gasteiger partial charge in [0.2, 0.25) is 0 Å². The van der Waals surface area contributed by atoms with Gasteiger partial charge in [-0.15, -0.1) is 0 Å². The Morgan fingerprint density at radius 1 is 1.08 bits per heavy atom. The lowest BCUT2D eigenvalue weighted by Gasteiger charge is -2.17. The third-order valence-electron chi connectivity index (χ3n) is 4.99. The van der Waals surface area contributed by atoms with Gasteiger partial charge in [-0.1, -0.05) is 31.2 Å². The quantitative estimate of drug-likeness (QED) is 0.870. The summed E-state index contributed by atoms with van der Waals surface area (Å²) in [6.45, 7) is 4.28. The van der Waals surface area contributed by atoms with Crippen LogP contribution in [0, 0.1) is 0 Å².